The maximum atomic E-state index is 13.5. The Morgan fingerprint density at radius 1 is 1.00 bits per heavy atom. The normalized spacial score (nSPS) is 20.0. The van der Waals surface area contributed by atoms with E-state index in [0.29, 0.717) is 42.3 Å². The van der Waals surface area contributed by atoms with Crippen molar-refractivity contribution in [3.05, 3.63) is 95.6 Å². The van der Waals surface area contributed by atoms with Crippen molar-refractivity contribution in [3.63, 3.8) is 0 Å². The van der Waals surface area contributed by atoms with E-state index in [2.05, 4.69) is 10.3 Å². The number of anilines is 1. The fraction of sp³-hybridized carbons (Fsp3) is 0.300. The first-order valence-corrected chi connectivity index (χ1v) is 14.9. The largest absolute Gasteiger partial charge is 0.416 e. The van der Waals surface area contributed by atoms with E-state index in [0.717, 1.165) is 28.1 Å². The molecule has 0 bridgehead atoms. The Hall–Kier alpha value is -4.03. The Morgan fingerprint density at radius 2 is 1.71 bits per heavy atom. The molecule has 2 aliphatic heterocycles. The zero-order valence-electron chi connectivity index (χ0n) is 22.7. The second-order valence-electron chi connectivity index (χ2n) is 10.2. The standard InChI is InChI=1S/C30H29F3N4O4S/c1-36-25-16-6-5-15-24(25)27(20-10-3-2-4-11-20)35-28(29(36)39)34-26(38)19-22-13-7-8-17-37(22)42(40,41)23-14-9-12-21(18-23)30(31,32)33/h2-6,9-12,14-16,18,22,28H,7-8,13,17,19H2,1H3,(H,34,38). The van der Waals surface area contributed by atoms with Gasteiger partial charge in [0.15, 0.2) is 0 Å². The van der Waals surface area contributed by atoms with Crippen molar-refractivity contribution in [1.29, 1.82) is 0 Å². The highest BCUT2D eigenvalue weighted by atomic mass is 32.2. The molecule has 0 aliphatic carbocycles. The average molecular weight is 599 g/mol. The number of halogens is 3. The molecule has 0 radical (unpaired) electrons. The van der Waals surface area contributed by atoms with Crippen LogP contribution in [0.15, 0.2) is 88.8 Å². The Kier molecular flexibility index (Phi) is 8.20. The van der Waals surface area contributed by atoms with Gasteiger partial charge in [-0.1, -0.05) is 61.0 Å². The van der Waals surface area contributed by atoms with Gasteiger partial charge in [-0.05, 0) is 37.1 Å². The summed E-state index contributed by atoms with van der Waals surface area (Å²) in [5.41, 5.74) is 1.52. The van der Waals surface area contributed by atoms with E-state index in [9.17, 15) is 31.2 Å². The molecule has 42 heavy (non-hydrogen) atoms. The number of likely N-dealkylation sites (N-methyl/N-ethyl adjacent to an activating group) is 1. The molecular weight excluding hydrogens is 569 g/mol. The Labute approximate surface area is 241 Å². The molecule has 2 atom stereocenters. The van der Waals surface area contributed by atoms with Gasteiger partial charge in [0.05, 0.1) is 21.9 Å². The highest BCUT2D eigenvalue weighted by molar-refractivity contribution is 7.89. The second-order valence-corrected chi connectivity index (χ2v) is 12.1. The number of para-hydroxylation sites is 1. The summed E-state index contributed by atoms with van der Waals surface area (Å²) in [5, 5.41) is 2.67. The molecule has 0 aromatic heterocycles. The molecule has 2 amide bonds. The van der Waals surface area contributed by atoms with Gasteiger partial charge in [-0.15, -0.1) is 0 Å². The monoisotopic (exact) mass is 598 g/mol. The molecule has 2 unspecified atom stereocenters. The summed E-state index contributed by atoms with van der Waals surface area (Å²) >= 11 is 0. The molecule has 0 spiro atoms. The fourth-order valence-corrected chi connectivity index (χ4v) is 7.07. The lowest BCUT2D eigenvalue weighted by Gasteiger charge is -2.34. The van der Waals surface area contributed by atoms with Crippen molar-refractivity contribution in [2.75, 3.05) is 18.5 Å². The van der Waals surface area contributed by atoms with Crippen LogP contribution in [0, 0.1) is 0 Å². The highest BCUT2D eigenvalue weighted by Gasteiger charge is 2.38. The molecule has 2 aliphatic rings. The number of amides is 2. The predicted molar refractivity (Wildman–Crippen MR) is 151 cm³/mol. The van der Waals surface area contributed by atoms with Crippen molar-refractivity contribution < 1.29 is 31.2 Å². The van der Waals surface area contributed by atoms with Crippen LogP contribution in [-0.4, -0.2) is 56.0 Å². The molecule has 1 saturated heterocycles. The molecule has 8 nitrogen and oxygen atoms in total. The maximum Gasteiger partial charge on any atom is 0.416 e. The van der Waals surface area contributed by atoms with E-state index in [1.54, 1.807) is 19.2 Å². The number of piperidine rings is 1. The van der Waals surface area contributed by atoms with Crippen LogP contribution in [0.4, 0.5) is 18.9 Å². The quantitative estimate of drug-likeness (QED) is 0.449. The van der Waals surface area contributed by atoms with Gasteiger partial charge in [-0.25, -0.2) is 13.4 Å². The number of carbonyl (C=O) groups is 2. The number of sulfonamides is 1. The van der Waals surface area contributed by atoms with Gasteiger partial charge in [0.2, 0.25) is 22.1 Å². The molecule has 220 valence electrons. The lowest BCUT2D eigenvalue weighted by Crippen LogP contribution is -2.49. The van der Waals surface area contributed by atoms with Crippen molar-refractivity contribution in [2.24, 2.45) is 4.99 Å². The lowest BCUT2D eigenvalue weighted by molar-refractivity contribution is -0.137. The number of fused-ring (bicyclic) bond motifs is 1. The van der Waals surface area contributed by atoms with E-state index >= 15 is 0 Å². The Bertz CT molecular complexity index is 1630. The smallest absolute Gasteiger partial charge is 0.326 e. The first kappa shape index (κ1) is 29.5. The SMILES string of the molecule is CN1C(=O)C(NC(=O)CC2CCCCN2S(=O)(=O)c2cccc(C(F)(F)F)c2)N=C(c2ccccc2)c2ccccc21. The number of alkyl halides is 3. The van der Waals surface area contributed by atoms with Crippen LogP contribution in [-0.2, 0) is 25.8 Å². The average Bonchev–Trinajstić information content (AvgIpc) is 3.08. The zero-order chi connectivity index (χ0) is 30.1. The fourth-order valence-electron chi connectivity index (χ4n) is 5.33. The van der Waals surface area contributed by atoms with Crippen molar-refractivity contribution in [2.45, 2.75) is 49.0 Å². The number of rotatable bonds is 6. The van der Waals surface area contributed by atoms with Gasteiger partial charge >= 0.3 is 6.18 Å². The Morgan fingerprint density at radius 3 is 2.45 bits per heavy atom. The summed E-state index contributed by atoms with van der Waals surface area (Å²) in [7, 11) is -2.74. The molecule has 0 saturated carbocycles. The number of nitrogens with zero attached hydrogens (tertiary/aromatic N) is 3. The first-order chi connectivity index (χ1) is 20.0. The molecular formula is C30H29F3N4O4S. The molecule has 3 aromatic carbocycles. The molecule has 3 aromatic rings. The van der Waals surface area contributed by atoms with E-state index in [1.165, 1.54) is 4.90 Å². The highest BCUT2D eigenvalue weighted by Crippen LogP contribution is 2.33. The van der Waals surface area contributed by atoms with E-state index < -0.39 is 50.7 Å². The van der Waals surface area contributed by atoms with Crippen LogP contribution in [0.1, 0.15) is 42.4 Å². The number of hydrogen-bond acceptors (Lipinski definition) is 5. The summed E-state index contributed by atoms with van der Waals surface area (Å²) in [6, 6.07) is 19.3. The predicted octanol–water partition coefficient (Wildman–Crippen LogP) is 4.60. The zero-order valence-corrected chi connectivity index (χ0v) is 23.5. The van der Waals surface area contributed by atoms with Crippen molar-refractivity contribution in [1.82, 2.24) is 9.62 Å². The molecule has 2 heterocycles. The van der Waals surface area contributed by atoms with E-state index in [-0.39, 0.29) is 13.0 Å². The van der Waals surface area contributed by atoms with Gasteiger partial charge in [0.1, 0.15) is 0 Å². The molecule has 1 fully saturated rings. The number of benzene rings is 3. The summed E-state index contributed by atoms with van der Waals surface area (Å²) in [5.74, 6) is -1.07. The van der Waals surface area contributed by atoms with Crippen LogP contribution >= 0.6 is 0 Å². The molecule has 1 N–H and O–H groups in total. The lowest BCUT2D eigenvalue weighted by atomic mass is 10.0. The van der Waals surface area contributed by atoms with Crippen LogP contribution in [0.25, 0.3) is 0 Å². The van der Waals surface area contributed by atoms with Crippen LogP contribution in [0.3, 0.4) is 0 Å². The maximum absolute atomic E-state index is 13.5. The third-order valence-corrected chi connectivity index (χ3v) is 9.40. The third-order valence-electron chi connectivity index (χ3n) is 7.45. The van der Waals surface area contributed by atoms with E-state index in [4.69, 9.17) is 0 Å². The van der Waals surface area contributed by atoms with Crippen molar-refractivity contribution in [3.8, 4) is 0 Å². The van der Waals surface area contributed by atoms with Crippen LogP contribution < -0.4 is 10.2 Å². The minimum absolute atomic E-state index is 0.0627. The van der Waals surface area contributed by atoms with Crippen LogP contribution in [0.2, 0.25) is 0 Å². The minimum atomic E-state index is -4.70. The summed E-state index contributed by atoms with van der Waals surface area (Å²) < 4.78 is 67.8. The topological polar surface area (TPSA) is 99.1 Å². The summed E-state index contributed by atoms with van der Waals surface area (Å²) in [4.78, 5) is 32.4. The number of hydrogen-bond donors (Lipinski definition) is 1. The molecule has 12 heteroatoms. The summed E-state index contributed by atoms with van der Waals surface area (Å²) in [6.07, 6.45) is -4.77. The first-order valence-electron chi connectivity index (χ1n) is 13.5. The van der Waals surface area contributed by atoms with Crippen LogP contribution in [0.5, 0.6) is 0 Å². The van der Waals surface area contributed by atoms with Gasteiger partial charge in [0, 0.05) is 37.2 Å². The van der Waals surface area contributed by atoms with Gasteiger partial charge < -0.3 is 10.2 Å². The van der Waals surface area contributed by atoms with Gasteiger partial charge in [-0.2, -0.15) is 17.5 Å². The number of benzodiazepines with no additional fused rings is 1. The third kappa shape index (κ3) is 5.95. The summed E-state index contributed by atoms with van der Waals surface area (Å²) in [6.45, 7) is 0.0627. The van der Waals surface area contributed by atoms with Crippen molar-refractivity contribution >= 4 is 33.2 Å². The second kappa shape index (κ2) is 11.7. The number of aliphatic imine (C=N–C) groups is 1. The minimum Gasteiger partial charge on any atom is -0.326 e. The molecule has 5 rings (SSSR count). The number of nitrogens with one attached hydrogen (secondary N) is 1. The van der Waals surface area contributed by atoms with E-state index in [1.807, 2.05) is 42.5 Å². The van der Waals surface area contributed by atoms with Gasteiger partial charge in [-0.3, -0.25) is 9.59 Å². The number of carbonyl (C=O) groups excluding carboxylic acids is 2. The van der Waals surface area contributed by atoms with Gasteiger partial charge in [0.25, 0.3) is 5.91 Å². The Balaban J connectivity index is 1.40.